The predicted octanol–water partition coefficient (Wildman–Crippen LogP) is 6.64. The number of ether oxygens (including phenoxy) is 3. The maximum absolute atomic E-state index is 14.4. The second-order valence-electron chi connectivity index (χ2n) is 14.2. The molecule has 8 heteroatoms. The highest BCUT2D eigenvalue weighted by atomic mass is 28.4. The first-order valence-electron chi connectivity index (χ1n) is 15.5. The minimum absolute atomic E-state index is 0.0272. The van der Waals surface area contributed by atoms with Crippen LogP contribution in [0.3, 0.4) is 0 Å². The predicted molar refractivity (Wildman–Crippen MR) is 180 cm³/mol. The van der Waals surface area contributed by atoms with Crippen molar-refractivity contribution in [2.75, 3.05) is 27.1 Å². The molecule has 0 aromatic heterocycles. The van der Waals surface area contributed by atoms with Crippen molar-refractivity contribution < 1.29 is 27.9 Å². The van der Waals surface area contributed by atoms with Gasteiger partial charge in [-0.2, -0.15) is 0 Å². The molecular weight excluding hydrogens is 573 g/mol. The molecule has 6 nitrogen and oxygen atoms in total. The highest BCUT2D eigenvalue weighted by Crippen LogP contribution is 2.45. The summed E-state index contributed by atoms with van der Waals surface area (Å²) < 4.78 is 31.8. The van der Waals surface area contributed by atoms with Crippen LogP contribution in [0, 0.1) is 0 Å². The van der Waals surface area contributed by atoms with E-state index in [-0.39, 0.29) is 35.2 Å². The van der Waals surface area contributed by atoms with E-state index < -0.39 is 28.3 Å². The molecule has 0 unspecified atom stereocenters. The Hall–Kier alpha value is -1.92. The quantitative estimate of drug-likeness (QED) is 0.101. The molecule has 1 saturated carbocycles. The summed E-state index contributed by atoms with van der Waals surface area (Å²) in [5.41, 5.74) is -1.20. The van der Waals surface area contributed by atoms with Gasteiger partial charge in [0.1, 0.15) is 6.79 Å². The zero-order chi connectivity index (χ0) is 31.9. The van der Waals surface area contributed by atoms with Gasteiger partial charge < -0.3 is 23.1 Å². The summed E-state index contributed by atoms with van der Waals surface area (Å²) in [6, 6.07) is 21.1. The fourth-order valence-electron chi connectivity index (χ4n) is 5.82. The van der Waals surface area contributed by atoms with Crippen LogP contribution in [-0.2, 0) is 27.9 Å². The van der Waals surface area contributed by atoms with Crippen LogP contribution in [0.1, 0.15) is 60.8 Å². The summed E-state index contributed by atoms with van der Waals surface area (Å²) in [5.74, 6) is -0.0272. The van der Waals surface area contributed by atoms with Gasteiger partial charge in [0.05, 0.1) is 25.4 Å². The summed E-state index contributed by atoms with van der Waals surface area (Å²) in [5, 5.41) is 2.11. The SMILES string of the molecule is C=CC[C@]1(OCOCCOC)C(=O)C[C@@H](O[Si](c2ccccc2)(c2ccccc2)C(C)(C)C)C[C@H]1O[Si](C)(C)C(C)(C)C. The number of carbonyl (C=O) groups excluding carboxylic acids is 1. The summed E-state index contributed by atoms with van der Waals surface area (Å²) in [6.45, 7) is 22.7. The van der Waals surface area contributed by atoms with Crippen LogP contribution in [0.5, 0.6) is 0 Å². The zero-order valence-corrected chi connectivity index (χ0v) is 29.9. The van der Waals surface area contributed by atoms with Crippen molar-refractivity contribution in [3.8, 4) is 0 Å². The fourth-order valence-corrected chi connectivity index (χ4v) is 11.9. The van der Waals surface area contributed by atoms with Crippen LogP contribution in [0.15, 0.2) is 73.3 Å². The molecule has 1 fully saturated rings. The number of benzene rings is 2. The van der Waals surface area contributed by atoms with Crippen LogP contribution in [0.2, 0.25) is 23.2 Å². The molecule has 2 aromatic carbocycles. The zero-order valence-electron chi connectivity index (χ0n) is 27.9. The summed E-state index contributed by atoms with van der Waals surface area (Å²) >= 11 is 0. The van der Waals surface area contributed by atoms with E-state index in [1.165, 1.54) is 10.4 Å². The fraction of sp³-hybridized carbons (Fsp3) is 0.571. The molecule has 3 rings (SSSR count). The summed E-state index contributed by atoms with van der Waals surface area (Å²) in [6.07, 6.45) is 2.01. The molecule has 3 atom stereocenters. The molecule has 0 N–H and O–H groups in total. The lowest BCUT2D eigenvalue weighted by Gasteiger charge is -2.51. The van der Waals surface area contributed by atoms with Crippen molar-refractivity contribution in [2.24, 2.45) is 0 Å². The van der Waals surface area contributed by atoms with E-state index in [2.05, 4.69) is 110 Å². The van der Waals surface area contributed by atoms with Gasteiger partial charge in [-0.15, -0.1) is 6.58 Å². The molecule has 0 saturated heterocycles. The Balaban J connectivity index is 2.10. The maximum Gasteiger partial charge on any atom is 0.261 e. The summed E-state index contributed by atoms with van der Waals surface area (Å²) in [4.78, 5) is 14.4. The van der Waals surface area contributed by atoms with Gasteiger partial charge in [-0.1, -0.05) is 108 Å². The third-order valence-electron chi connectivity index (χ3n) is 9.16. The Kier molecular flexibility index (Phi) is 12.0. The first-order chi connectivity index (χ1) is 20.1. The molecule has 0 bridgehead atoms. The number of hydrogen-bond donors (Lipinski definition) is 0. The topological polar surface area (TPSA) is 63.2 Å². The van der Waals surface area contributed by atoms with E-state index in [1.54, 1.807) is 13.2 Å². The second kappa shape index (κ2) is 14.5. The number of rotatable bonds is 14. The van der Waals surface area contributed by atoms with Gasteiger partial charge in [-0.3, -0.25) is 4.79 Å². The lowest BCUT2D eigenvalue weighted by Crippen LogP contribution is -2.69. The molecule has 43 heavy (non-hydrogen) atoms. The van der Waals surface area contributed by atoms with E-state index in [0.29, 0.717) is 26.1 Å². The third-order valence-corrected chi connectivity index (χ3v) is 18.7. The highest BCUT2D eigenvalue weighted by molar-refractivity contribution is 6.99. The molecule has 0 amide bonds. The second-order valence-corrected chi connectivity index (χ2v) is 23.2. The lowest BCUT2D eigenvalue weighted by molar-refractivity contribution is -0.202. The van der Waals surface area contributed by atoms with Crippen molar-refractivity contribution in [3.05, 3.63) is 73.3 Å². The molecule has 0 radical (unpaired) electrons. The van der Waals surface area contributed by atoms with Gasteiger partial charge in [-0.05, 0) is 33.5 Å². The smallest absolute Gasteiger partial charge is 0.261 e. The van der Waals surface area contributed by atoms with Gasteiger partial charge in [0.15, 0.2) is 19.7 Å². The van der Waals surface area contributed by atoms with Crippen LogP contribution in [-0.4, -0.2) is 67.3 Å². The van der Waals surface area contributed by atoms with Crippen LogP contribution in [0.4, 0.5) is 0 Å². The lowest BCUT2D eigenvalue weighted by atomic mass is 9.77. The van der Waals surface area contributed by atoms with Crippen LogP contribution < -0.4 is 10.4 Å². The Morgan fingerprint density at radius 1 is 0.884 bits per heavy atom. The standard InChI is InChI=1S/C35H54O6Si2/c1-11-22-35(39-27-38-24-23-37-8)31(36)25-28(26-32(35)41-42(9,10)33(2,3)4)40-43(34(5,6)7,29-18-14-12-15-19-29)30-20-16-13-17-21-30/h11-21,28,32H,1,22-27H2,2-10H3/t28-,32-,35+/m1/s1. The van der Waals surface area contributed by atoms with Gasteiger partial charge in [-0.25, -0.2) is 0 Å². The molecular formula is C35H54O6Si2. The molecule has 2 aromatic rings. The molecule has 0 heterocycles. The number of carbonyl (C=O) groups is 1. The largest absolute Gasteiger partial charge is 0.410 e. The van der Waals surface area contributed by atoms with E-state index in [1.807, 2.05) is 12.1 Å². The third kappa shape index (κ3) is 7.85. The van der Waals surface area contributed by atoms with Gasteiger partial charge in [0.2, 0.25) is 0 Å². The van der Waals surface area contributed by atoms with Crippen molar-refractivity contribution in [1.29, 1.82) is 0 Å². The van der Waals surface area contributed by atoms with Gasteiger partial charge >= 0.3 is 0 Å². The summed E-state index contributed by atoms with van der Waals surface area (Å²) in [7, 11) is -3.59. The Labute approximate surface area is 262 Å². The van der Waals surface area contributed by atoms with Crippen LogP contribution >= 0.6 is 0 Å². The van der Waals surface area contributed by atoms with E-state index in [4.69, 9.17) is 23.1 Å². The average Bonchev–Trinajstić information content (AvgIpc) is 2.93. The van der Waals surface area contributed by atoms with E-state index in [9.17, 15) is 4.79 Å². The minimum atomic E-state index is -2.89. The average molecular weight is 627 g/mol. The number of Topliss-reactive ketones (excluding diaryl/α,β-unsaturated/α-hetero) is 1. The Morgan fingerprint density at radius 3 is 1.91 bits per heavy atom. The molecule has 1 aliphatic rings. The monoisotopic (exact) mass is 626 g/mol. The van der Waals surface area contributed by atoms with Crippen LogP contribution in [0.25, 0.3) is 0 Å². The Bertz CT molecular complexity index is 1130. The number of ketones is 1. The molecule has 0 aliphatic heterocycles. The van der Waals surface area contributed by atoms with Crippen molar-refractivity contribution >= 4 is 32.8 Å². The first kappa shape index (κ1) is 35.6. The van der Waals surface area contributed by atoms with Crippen molar-refractivity contribution in [2.45, 2.75) is 102 Å². The maximum atomic E-state index is 14.4. The molecule has 238 valence electrons. The molecule has 1 aliphatic carbocycles. The van der Waals surface area contributed by atoms with Crippen molar-refractivity contribution in [1.82, 2.24) is 0 Å². The minimum Gasteiger partial charge on any atom is -0.410 e. The highest BCUT2D eigenvalue weighted by Gasteiger charge is 2.58. The van der Waals surface area contributed by atoms with E-state index in [0.717, 1.165) is 0 Å². The number of hydrogen-bond acceptors (Lipinski definition) is 6. The van der Waals surface area contributed by atoms with Gasteiger partial charge in [0.25, 0.3) is 8.32 Å². The molecule has 0 spiro atoms. The normalized spacial score (nSPS) is 22.0. The number of methoxy groups -OCH3 is 1. The van der Waals surface area contributed by atoms with Gasteiger partial charge in [0, 0.05) is 26.4 Å². The van der Waals surface area contributed by atoms with Crippen molar-refractivity contribution in [3.63, 3.8) is 0 Å². The Morgan fingerprint density at radius 2 is 1.44 bits per heavy atom. The van der Waals surface area contributed by atoms with E-state index >= 15 is 0 Å². The first-order valence-corrected chi connectivity index (χ1v) is 20.3.